The Balaban J connectivity index is 1.13. The summed E-state index contributed by atoms with van der Waals surface area (Å²) in [5.41, 5.74) is 14.3. The lowest BCUT2D eigenvalue weighted by atomic mass is 9.87. The second-order valence-electron chi connectivity index (χ2n) is 13.8. The molecule has 0 N–H and O–H groups in total. The van der Waals surface area contributed by atoms with Crippen molar-refractivity contribution in [3.05, 3.63) is 174 Å². The average Bonchev–Trinajstić information content (AvgIpc) is 3.32. The molecule has 0 atom stereocenters. The van der Waals surface area contributed by atoms with E-state index in [1.54, 1.807) is 0 Å². The van der Waals surface area contributed by atoms with Crippen molar-refractivity contribution in [3.63, 3.8) is 0 Å². The number of aromatic nitrogens is 1. The summed E-state index contributed by atoms with van der Waals surface area (Å²) < 4.78 is 2.46. The van der Waals surface area contributed by atoms with Crippen molar-refractivity contribution in [2.45, 2.75) is 32.6 Å². The molecule has 0 bridgehead atoms. The summed E-state index contributed by atoms with van der Waals surface area (Å²) >= 11 is 0. The van der Waals surface area contributed by atoms with Gasteiger partial charge in [-0.2, -0.15) is 0 Å². The summed E-state index contributed by atoms with van der Waals surface area (Å²) in [7, 11) is 0. The van der Waals surface area contributed by atoms with Crippen molar-refractivity contribution >= 4 is 54.9 Å². The first-order chi connectivity index (χ1) is 24.7. The molecule has 50 heavy (non-hydrogen) atoms. The molecule has 0 unspecified atom stereocenters. The third-order valence-electron chi connectivity index (χ3n) is 11.0. The van der Waals surface area contributed by atoms with Gasteiger partial charge in [-0.15, -0.1) is 0 Å². The molecule has 1 heteroatoms. The molecule has 0 spiro atoms. The third-order valence-corrected chi connectivity index (χ3v) is 11.0. The minimum absolute atomic E-state index is 1.03. The average molecular weight is 640 g/mol. The zero-order valence-electron chi connectivity index (χ0n) is 28.3. The van der Waals surface area contributed by atoms with Crippen LogP contribution in [0.3, 0.4) is 0 Å². The van der Waals surface area contributed by atoms with Crippen LogP contribution in [0.1, 0.15) is 43.0 Å². The van der Waals surface area contributed by atoms with E-state index in [4.69, 9.17) is 0 Å². The van der Waals surface area contributed by atoms with Crippen LogP contribution in [0.5, 0.6) is 0 Å². The minimum Gasteiger partial charge on any atom is -0.310 e. The molecule has 0 fully saturated rings. The maximum atomic E-state index is 2.46. The Morgan fingerprint density at radius 3 is 2.10 bits per heavy atom. The van der Waals surface area contributed by atoms with Crippen LogP contribution in [0.25, 0.3) is 82.8 Å². The second kappa shape index (κ2) is 11.6. The summed E-state index contributed by atoms with van der Waals surface area (Å²) in [4.78, 5) is 0. The molecule has 10 rings (SSSR count). The molecule has 0 amide bonds. The summed E-state index contributed by atoms with van der Waals surface area (Å²) in [5, 5.41) is 9.24. The van der Waals surface area contributed by atoms with Crippen molar-refractivity contribution in [1.82, 2.24) is 4.57 Å². The lowest BCUT2D eigenvalue weighted by molar-refractivity contribution is 0.968. The van der Waals surface area contributed by atoms with Gasteiger partial charge >= 0.3 is 0 Å². The Hall–Kier alpha value is -5.92. The third kappa shape index (κ3) is 4.54. The molecule has 0 aliphatic heterocycles. The van der Waals surface area contributed by atoms with Crippen molar-refractivity contribution < 1.29 is 0 Å². The molecule has 1 aromatic heterocycles. The fraction of sp³-hybridized carbons (Fsp3) is 0.102. The van der Waals surface area contributed by atoms with Gasteiger partial charge in [0, 0.05) is 16.8 Å². The van der Waals surface area contributed by atoms with Gasteiger partial charge in [0.1, 0.15) is 0 Å². The van der Waals surface area contributed by atoms with E-state index in [-0.39, 0.29) is 0 Å². The molecule has 238 valence electrons. The zero-order valence-corrected chi connectivity index (χ0v) is 28.3. The Bertz CT molecular complexity index is 2760. The Morgan fingerprint density at radius 1 is 0.620 bits per heavy atom. The molecular formula is C49H37N. The molecule has 0 saturated heterocycles. The van der Waals surface area contributed by atoms with E-state index in [9.17, 15) is 0 Å². The van der Waals surface area contributed by atoms with E-state index in [0.717, 1.165) is 25.7 Å². The topological polar surface area (TPSA) is 4.93 Å². The number of aryl methyl sites for hydroxylation is 1. The van der Waals surface area contributed by atoms with Crippen molar-refractivity contribution in [2.75, 3.05) is 0 Å². The van der Waals surface area contributed by atoms with E-state index in [2.05, 4.69) is 169 Å². The Morgan fingerprint density at radius 2 is 1.32 bits per heavy atom. The van der Waals surface area contributed by atoms with Crippen LogP contribution in [-0.2, 0) is 6.42 Å². The maximum absolute atomic E-state index is 2.46. The number of hydrogen-bond acceptors (Lipinski definition) is 0. The predicted octanol–water partition coefficient (Wildman–Crippen LogP) is 13.5. The molecule has 0 saturated carbocycles. The van der Waals surface area contributed by atoms with Gasteiger partial charge in [0.15, 0.2) is 0 Å². The number of rotatable bonds is 5. The van der Waals surface area contributed by atoms with Gasteiger partial charge < -0.3 is 4.57 Å². The number of hydrogen-bond donors (Lipinski definition) is 0. The largest absolute Gasteiger partial charge is 0.310 e. The minimum atomic E-state index is 1.03. The quantitative estimate of drug-likeness (QED) is 0.165. The van der Waals surface area contributed by atoms with E-state index in [1.165, 1.54) is 99.1 Å². The van der Waals surface area contributed by atoms with Crippen LogP contribution >= 0.6 is 0 Å². The SMILES string of the molecule is CCC1=CC(c2cccc(-c3ccc4ccc5c(-c6cccc(-n7c8c(c9ccccc97)CCC=C8)c6)ccc6ccc3c4c65)c2)=CC=CC1. The number of benzene rings is 7. The highest BCUT2D eigenvalue weighted by atomic mass is 15.0. The Kier molecular flexibility index (Phi) is 6.74. The Labute approximate surface area is 293 Å². The number of fused-ring (bicyclic) bond motifs is 3. The van der Waals surface area contributed by atoms with Crippen molar-refractivity contribution in [2.24, 2.45) is 0 Å². The van der Waals surface area contributed by atoms with Gasteiger partial charge in [-0.05, 0) is 127 Å². The van der Waals surface area contributed by atoms with E-state index in [0.29, 0.717) is 0 Å². The van der Waals surface area contributed by atoms with Gasteiger partial charge in [0.2, 0.25) is 0 Å². The first-order valence-corrected chi connectivity index (χ1v) is 18.0. The molecule has 1 heterocycles. The molecule has 2 aliphatic carbocycles. The predicted molar refractivity (Wildman–Crippen MR) is 215 cm³/mol. The fourth-order valence-corrected chi connectivity index (χ4v) is 8.59. The van der Waals surface area contributed by atoms with Gasteiger partial charge in [-0.1, -0.05) is 140 Å². The summed E-state index contributed by atoms with van der Waals surface area (Å²) in [5.74, 6) is 0. The highest BCUT2D eigenvalue weighted by Crippen LogP contribution is 2.43. The summed E-state index contributed by atoms with van der Waals surface area (Å²) in [6.45, 7) is 2.25. The van der Waals surface area contributed by atoms with Gasteiger partial charge in [-0.3, -0.25) is 0 Å². The molecule has 2 aliphatic rings. The van der Waals surface area contributed by atoms with E-state index >= 15 is 0 Å². The zero-order chi connectivity index (χ0) is 33.2. The van der Waals surface area contributed by atoms with Crippen LogP contribution < -0.4 is 0 Å². The number of para-hydroxylation sites is 1. The fourth-order valence-electron chi connectivity index (χ4n) is 8.59. The van der Waals surface area contributed by atoms with Crippen LogP contribution in [-0.4, -0.2) is 4.57 Å². The first kappa shape index (κ1) is 29.0. The summed E-state index contributed by atoms with van der Waals surface area (Å²) in [6, 6.07) is 45.7. The van der Waals surface area contributed by atoms with Crippen LogP contribution in [0, 0.1) is 0 Å². The van der Waals surface area contributed by atoms with Crippen molar-refractivity contribution in [1.29, 1.82) is 0 Å². The van der Waals surface area contributed by atoms with Crippen LogP contribution in [0.4, 0.5) is 0 Å². The number of allylic oxidation sites excluding steroid dienone is 7. The van der Waals surface area contributed by atoms with Gasteiger partial charge in [0.25, 0.3) is 0 Å². The highest BCUT2D eigenvalue weighted by Gasteiger charge is 2.20. The normalized spacial score (nSPS) is 14.4. The lowest BCUT2D eigenvalue weighted by Gasteiger charge is -2.18. The second-order valence-corrected chi connectivity index (χ2v) is 13.8. The first-order valence-electron chi connectivity index (χ1n) is 18.0. The summed E-state index contributed by atoms with van der Waals surface area (Å²) in [6.07, 6.45) is 18.0. The van der Waals surface area contributed by atoms with Crippen LogP contribution in [0.2, 0.25) is 0 Å². The molecule has 0 radical (unpaired) electrons. The van der Waals surface area contributed by atoms with E-state index < -0.39 is 0 Å². The van der Waals surface area contributed by atoms with Gasteiger partial charge in [-0.25, -0.2) is 0 Å². The highest BCUT2D eigenvalue weighted by molar-refractivity contribution is 6.27. The lowest BCUT2D eigenvalue weighted by Crippen LogP contribution is -2.00. The van der Waals surface area contributed by atoms with Gasteiger partial charge in [0.05, 0.1) is 5.52 Å². The molecular weight excluding hydrogens is 603 g/mol. The maximum Gasteiger partial charge on any atom is 0.0537 e. The smallest absolute Gasteiger partial charge is 0.0537 e. The van der Waals surface area contributed by atoms with E-state index in [1.807, 2.05) is 0 Å². The monoisotopic (exact) mass is 639 g/mol. The number of nitrogens with zero attached hydrogens (tertiary/aromatic N) is 1. The molecule has 7 aromatic carbocycles. The molecule has 8 aromatic rings. The van der Waals surface area contributed by atoms with Crippen LogP contribution in [0.15, 0.2) is 157 Å². The standard InChI is InChI=1S/C49H37N/c1-2-32-11-3-4-12-35(29-32)36-13-9-14-37(30-36)40-25-21-33-24-28-45-41(26-22-34-23-27-44(40)48(33)49(34)45)38-15-10-16-39(31-38)50-46-19-7-5-17-42(46)43-18-6-8-20-47(43)50/h3-5,7-10,12-17,19-31H,2,6,11,18H2,1H3. The molecule has 1 nitrogen and oxygen atoms in total. The van der Waals surface area contributed by atoms with Crippen molar-refractivity contribution in [3.8, 4) is 27.9 Å².